The molecule has 0 amide bonds. The summed E-state index contributed by atoms with van der Waals surface area (Å²) in [5.74, 6) is 0.892. The van der Waals surface area contributed by atoms with Crippen LogP contribution in [0.4, 0.5) is 0 Å². The molecule has 4 nitrogen and oxygen atoms in total. The highest BCUT2D eigenvalue weighted by Crippen LogP contribution is 2.16. The van der Waals surface area contributed by atoms with Crippen molar-refractivity contribution < 1.29 is 0 Å². The van der Waals surface area contributed by atoms with Gasteiger partial charge >= 0.3 is 0 Å². The van der Waals surface area contributed by atoms with Crippen LogP contribution in [0, 0.1) is 0 Å². The summed E-state index contributed by atoms with van der Waals surface area (Å²) in [5.41, 5.74) is 1.15. The predicted molar refractivity (Wildman–Crippen MR) is 64.4 cm³/mol. The highest BCUT2D eigenvalue weighted by atomic mass is 79.9. The molecular formula is C11H10BrN3O. The fraction of sp³-hybridized carbons (Fsp3) is 0.364. The van der Waals surface area contributed by atoms with Crippen LogP contribution in [0.15, 0.2) is 21.5 Å². The van der Waals surface area contributed by atoms with Gasteiger partial charge in [0, 0.05) is 23.6 Å². The lowest BCUT2D eigenvalue weighted by atomic mass is 10.1. The number of aromatic nitrogens is 3. The van der Waals surface area contributed by atoms with Gasteiger partial charge in [0.2, 0.25) is 0 Å². The molecule has 0 aliphatic carbocycles. The van der Waals surface area contributed by atoms with Crippen LogP contribution in [0.25, 0.3) is 11.0 Å². The number of fused-ring (bicyclic) bond motifs is 2. The maximum atomic E-state index is 12.1. The Labute approximate surface area is 100 Å². The van der Waals surface area contributed by atoms with Crippen LogP contribution < -0.4 is 5.56 Å². The summed E-state index contributed by atoms with van der Waals surface area (Å²) in [7, 11) is 0. The van der Waals surface area contributed by atoms with E-state index >= 15 is 0 Å². The minimum Gasteiger partial charge on any atom is -0.295 e. The fourth-order valence-electron chi connectivity index (χ4n) is 2.10. The molecule has 2 aromatic rings. The van der Waals surface area contributed by atoms with E-state index in [1.807, 2.05) is 6.07 Å². The van der Waals surface area contributed by atoms with Crippen molar-refractivity contribution in [3.05, 3.63) is 32.9 Å². The number of hydrogen-bond acceptors (Lipinski definition) is 3. The summed E-state index contributed by atoms with van der Waals surface area (Å²) >= 11 is 3.34. The second-order valence-corrected chi connectivity index (χ2v) is 4.88. The normalized spacial score (nSPS) is 15.1. The van der Waals surface area contributed by atoms with Gasteiger partial charge in [-0.3, -0.25) is 9.36 Å². The van der Waals surface area contributed by atoms with Gasteiger partial charge in [-0.1, -0.05) is 0 Å². The third-order valence-electron chi connectivity index (χ3n) is 2.88. The summed E-state index contributed by atoms with van der Waals surface area (Å²) in [6.07, 6.45) is 4.69. The van der Waals surface area contributed by atoms with E-state index in [1.54, 1.807) is 10.8 Å². The molecule has 3 rings (SSSR count). The Morgan fingerprint density at radius 1 is 1.38 bits per heavy atom. The smallest absolute Gasteiger partial charge is 0.280 e. The molecule has 0 aromatic carbocycles. The lowest BCUT2D eigenvalue weighted by molar-refractivity contribution is 0.500. The van der Waals surface area contributed by atoms with E-state index in [9.17, 15) is 4.79 Å². The van der Waals surface area contributed by atoms with Gasteiger partial charge in [0.1, 0.15) is 5.82 Å². The molecule has 16 heavy (non-hydrogen) atoms. The molecule has 0 radical (unpaired) electrons. The first kappa shape index (κ1) is 9.96. The standard InChI is InChI=1S/C11H10BrN3O/c12-7-5-8-10(13-6-7)11(16)15-4-2-1-3-9(15)14-8/h5-6H,1-4H2. The van der Waals surface area contributed by atoms with Crippen molar-refractivity contribution in [1.29, 1.82) is 0 Å². The molecule has 1 aliphatic rings. The minimum atomic E-state index is -0.00722. The predicted octanol–water partition coefficient (Wildman–Crippen LogP) is 1.89. The summed E-state index contributed by atoms with van der Waals surface area (Å²) in [5, 5.41) is 0. The average Bonchev–Trinajstić information content (AvgIpc) is 2.29. The number of halogens is 1. The molecule has 0 N–H and O–H groups in total. The van der Waals surface area contributed by atoms with Crippen LogP contribution in [0.5, 0.6) is 0 Å². The average molecular weight is 280 g/mol. The van der Waals surface area contributed by atoms with E-state index in [1.165, 1.54) is 0 Å². The van der Waals surface area contributed by atoms with E-state index in [2.05, 4.69) is 25.9 Å². The van der Waals surface area contributed by atoms with Crippen LogP contribution in [-0.4, -0.2) is 14.5 Å². The zero-order valence-corrected chi connectivity index (χ0v) is 10.2. The molecule has 5 heteroatoms. The molecule has 82 valence electrons. The summed E-state index contributed by atoms with van der Waals surface area (Å²) in [6.45, 7) is 0.773. The molecule has 2 aromatic heterocycles. The van der Waals surface area contributed by atoms with Crippen molar-refractivity contribution in [2.75, 3.05) is 0 Å². The van der Waals surface area contributed by atoms with Crippen molar-refractivity contribution in [2.24, 2.45) is 0 Å². The first-order valence-electron chi connectivity index (χ1n) is 5.31. The van der Waals surface area contributed by atoms with Gasteiger partial charge in [-0.25, -0.2) is 9.97 Å². The van der Waals surface area contributed by atoms with E-state index < -0.39 is 0 Å². The fourth-order valence-corrected chi connectivity index (χ4v) is 2.42. The molecule has 0 bridgehead atoms. The number of pyridine rings is 1. The molecule has 0 fully saturated rings. The van der Waals surface area contributed by atoms with Crippen LogP contribution in [0.1, 0.15) is 18.7 Å². The highest BCUT2D eigenvalue weighted by molar-refractivity contribution is 9.10. The third kappa shape index (κ3) is 1.46. The largest absolute Gasteiger partial charge is 0.295 e. The topological polar surface area (TPSA) is 47.8 Å². The summed E-state index contributed by atoms with van der Waals surface area (Å²) in [6, 6.07) is 1.85. The van der Waals surface area contributed by atoms with Gasteiger partial charge in [0.05, 0.1) is 5.52 Å². The Hall–Kier alpha value is -1.23. The van der Waals surface area contributed by atoms with Crippen LogP contribution in [0.3, 0.4) is 0 Å². The molecule has 0 unspecified atom stereocenters. The lowest BCUT2D eigenvalue weighted by Crippen LogP contribution is -2.28. The molecule has 3 heterocycles. The quantitative estimate of drug-likeness (QED) is 0.740. The molecular weight excluding hydrogens is 270 g/mol. The zero-order valence-electron chi connectivity index (χ0n) is 8.61. The van der Waals surface area contributed by atoms with E-state index in [-0.39, 0.29) is 5.56 Å². The highest BCUT2D eigenvalue weighted by Gasteiger charge is 2.15. The van der Waals surface area contributed by atoms with Crippen molar-refractivity contribution in [3.63, 3.8) is 0 Å². The summed E-state index contributed by atoms with van der Waals surface area (Å²) < 4.78 is 2.61. The van der Waals surface area contributed by atoms with Gasteiger partial charge in [0.15, 0.2) is 5.52 Å². The monoisotopic (exact) mass is 279 g/mol. The third-order valence-corrected chi connectivity index (χ3v) is 3.31. The first-order chi connectivity index (χ1) is 7.75. The van der Waals surface area contributed by atoms with Crippen LogP contribution >= 0.6 is 15.9 Å². The van der Waals surface area contributed by atoms with Crippen LogP contribution in [-0.2, 0) is 13.0 Å². The Kier molecular flexibility index (Phi) is 2.28. The number of aryl methyl sites for hydroxylation is 1. The van der Waals surface area contributed by atoms with Gasteiger partial charge in [0.25, 0.3) is 5.56 Å². The Bertz CT molecular complexity index is 620. The van der Waals surface area contributed by atoms with Gasteiger partial charge < -0.3 is 0 Å². The minimum absolute atomic E-state index is 0.00722. The molecule has 0 spiro atoms. The van der Waals surface area contributed by atoms with Crippen LogP contribution in [0.2, 0.25) is 0 Å². The number of hydrogen-bond donors (Lipinski definition) is 0. The van der Waals surface area contributed by atoms with Gasteiger partial charge in [-0.15, -0.1) is 0 Å². The molecule has 0 saturated heterocycles. The molecule has 0 saturated carbocycles. The number of nitrogens with zero attached hydrogens (tertiary/aromatic N) is 3. The van der Waals surface area contributed by atoms with E-state index in [0.29, 0.717) is 11.0 Å². The SMILES string of the molecule is O=c1c2ncc(Br)cc2nc2n1CCCC2. The maximum absolute atomic E-state index is 12.1. The Morgan fingerprint density at radius 3 is 3.12 bits per heavy atom. The van der Waals surface area contributed by atoms with Gasteiger partial charge in [-0.2, -0.15) is 0 Å². The summed E-state index contributed by atoms with van der Waals surface area (Å²) in [4.78, 5) is 20.8. The van der Waals surface area contributed by atoms with Crippen molar-refractivity contribution >= 4 is 27.0 Å². The Balaban J connectivity index is 2.39. The maximum Gasteiger partial charge on any atom is 0.280 e. The number of rotatable bonds is 0. The Morgan fingerprint density at radius 2 is 2.25 bits per heavy atom. The van der Waals surface area contributed by atoms with Crippen molar-refractivity contribution in [3.8, 4) is 0 Å². The van der Waals surface area contributed by atoms with E-state index in [4.69, 9.17) is 0 Å². The van der Waals surface area contributed by atoms with Gasteiger partial charge in [-0.05, 0) is 34.8 Å². The molecule has 0 atom stereocenters. The molecule has 1 aliphatic heterocycles. The lowest BCUT2D eigenvalue weighted by Gasteiger charge is -2.17. The second kappa shape index (κ2) is 3.66. The zero-order chi connectivity index (χ0) is 11.1. The van der Waals surface area contributed by atoms with E-state index in [0.717, 1.165) is 36.1 Å². The van der Waals surface area contributed by atoms with Crippen molar-refractivity contribution in [2.45, 2.75) is 25.8 Å². The first-order valence-corrected chi connectivity index (χ1v) is 6.10. The van der Waals surface area contributed by atoms with Crippen molar-refractivity contribution in [1.82, 2.24) is 14.5 Å². The second-order valence-electron chi connectivity index (χ2n) is 3.96.